The molecule has 0 radical (unpaired) electrons. The molecular formula is C14H12BrN3O2. The molecule has 5 nitrogen and oxygen atoms in total. The van der Waals surface area contributed by atoms with Crippen LogP contribution in [0.2, 0.25) is 0 Å². The van der Waals surface area contributed by atoms with Crippen LogP contribution in [0, 0.1) is 0 Å². The van der Waals surface area contributed by atoms with Gasteiger partial charge in [-0.3, -0.25) is 4.79 Å². The first-order chi connectivity index (χ1) is 9.74. The van der Waals surface area contributed by atoms with Crippen molar-refractivity contribution in [3.8, 4) is 5.75 Å². The largest absolute Gasteiger partial charge is 0.477 e. The van der Waals surface area contributed by atoms with Gasteiger partial charge in [-0.2, -0.15) is 0 Å². The number of pyridine rings is 1. The lowest BCUT2D eigenvalue weighted by Gasteiger charge is -2.26. The zero-order valence-electron chi connectivity index (χ0n) is 10.5. The van der Waals surface area contributed by atoms with Crippen molar-refractivity contribution in [2.45, 2.75) is 6.10 Å². The van der Waals surface area contributed by atoms with Crippen LogP contribution in [0.5, 0.6) is 5.75 Å². The third kappa shape index (κ3) is 2.60. The number of halogens is 1. The first-order valence-corrected chi connectivity index (χ1v) is 6.94. The fourth-order valence-corrected chi connectivity index (χ4v) is 2.30. The Hall–Kier alpha value is -2.08. The van der Waals surface area contributed by atoms with Crippen molar-refractivity contribution in [2.24, 2.45) is 0 Å². The molecule has 2 heterocycles. The molecule has 3 rings (SSSR count). The third-order valence-corrected chi connectivity index (χ3v) is 3.58. The molecule has 1 unspecified atom stereocenters. The van der Waals surface area contributed by atoms with E-state index in [1.807, 2.05) is 24.3 Å². The van der Waals surface area contributed by atoms with Gasteiger partial charge in [-0.15, -0.1) is 0 Å². The molecule has 2 aromatic rings. The lowest BCUT2D eigenvalue weighted by molar-refractivity contribution is -0.122. The smallest absolute Gasteiger partial charge is 0.267 e. The van der Waals surface area contributed by atoms with Gasteiger partial charge < -0.3 is 15.4 Å². The van der Waals surface area contributed by atoms with Gasteiger partial charge >= 0.3 is 0 Å². The number of para-hydroxylation sites is 2. The van der Waals surface area contributed by atoms with E-state index in [4.69, 9.17) is 4.74 Å². The van der Waals surface area contributed by atoms with Crippen molar-refractivity contribution >= 4 is 33.2 Å². The van der Waals surface area contributed by atoms with Gasteiger partial charge in [0.1, 0.15) is 10.4 Å². The van der Waals surface area contributed by atoms with Gasteiger partial charge in [0, 0.05) is 6.20 Å². The van der Waals surface area contributed by atoms with Gasteiger partial charge in [-0.25, -0.2) is 4.98 Å². The molecule has 1 atom stereocenters. The highest BCUT2D eigenvalue weighted by Gasteiger charge is 2.26. The minimum Gasteiger partial charge on any atom is -0.477 e. The maximum atomic E-state index is 12.2. The maximum absolute atomic E-state index is 12.2. The molecule has 1 aromatic carbocycles. The topological polar surface area (TPSA) is 63.2 Å². The Labute approximate surface area is 124 Å². The highest BCUT2D eigenvalue weighted by atomic mass is 79.9. The van der Waals surface area contributed by atoms with Crippen molar-refractivity contribution in [1.29, 1.82) is 0 Å². The number of fused-ring (bicyclic) bond motifs is 1. The number of aromatic nitrogens is 1. The van der Waals surface area contributed by atoms with E-state index in [1.54, 1.807) is 18.3 Å². The molecule has 2 N–H and O–H groups in total. The van der Waals surface area contributed by atoms with E-state index in [9.17, 15) is 4.79 Å². The summed E-state index contributed by atoms with van der Waals surface area (Å²) >= 11 is 3.29. The first-order valence-electron chi connectivity index (χ1n) is 6.15. The average Bonchev–Trinajstić information content (AvgIpc) is 2.49. The van der Waals surface area contributed by atoms with Crippen molar-refractivity contribution in [3.05, 3.63) is 47.2 Å². The van der Waals surface area contributed by atoms with Gasteiger partial charge in [0.15, 0.2) is 6.10 Å². The summed E-state index contributed by atoms with van der Waals surface area (Å²) in [6.07, 6.45) is 1.08. The van der Waals surface area contributed by atoms with Crippen LogP contribution in [-0.2, 0) is 4.79 Å². The summed E-state index contributed by atoms with van der Waals surface area (Å²) in [6.45, 7) is 0.431. The van der Waals surface area contributed by atoms with Crippen LogP contribution in [-0.4, -0.2) is 23.5 Å². The van der Waals surface area contributed by atoms with E-state index in [-0.39, 0.29) is 5.91 Å². The number of amides is 1. The predicted molar refractivity (Wildman–Crippen MR) is 79.9 cm³/mol. The van der Waals surface area contributed by atoms with Crippen LogP contribution < -0.4 is 15.4 Å². The van der Waals surface area contributed by atoms with E-state index in [1.165, 1.54) is 0 Å². The second-order valence-electron chi connectivity index (χ2n) is 4.31. The van der Waals surface area contributed by atoms with Crippen LogP contribution in [0.15, 0.2) is 47.2 Å². The van der Waals surface area contributed by atoms with E-state index in [2.05, 4.69) is 31.5 Å². The number of hydrogen-bond donors (Lipinski definition) is 2. The Morgan fingerprint density at radius 1 is 1.35 bits per heavy atom. The zero-order chi connectivity index (χ0) is 13.9. The molecule has 20 heavy (non-hydrogen) atoms. The molecule has 1 aliphatic heterocycles. The Morgan fingerprint density at radius 3 is 3.05 bits per heavy atom. The number of anilines is 2. The summed E-state index contributed by atoms with van der Waals surface area (Å²) in [5, 5.41) is 5.98. The molecule has 6 heteroatoms. The number of hydrogen-bond acceptors (Lipinski definition) is 4. The first kappa shape index (κ1) is 12.9. The van der Waals surface area contributed by atoms with Gasteiger partial charge in [0.05, 0.1) is 17.9 Å². The highest BCUT2D eigenvalue weighted by molar-refractivity contribution is 9.10. The van der Waals surface area contributed by atoms with Gasteiger partial charge in [0.25, 0.3) is 5.91 Å². The van der Waals surface area contributed by atoms with E-state index >= 15 is 0 Å². The number of carbonyl (C=O) groups is 1. The summed E-state index contributed by atoms with van der Waals surface area (Å²) in [7, 11) is 0. The molecule has 1 aliphatic rings. The third-order valence-electron chi connectivity index (χ3n) is 2.94. The minimum absolute atomic E-state index is 0.208. The molecule has 0 aliphatic carbocycles. The Kier molecular flexibility index (Phi) is 3.56. The lowest BCUT2D eigenvalue weighted by Crippen LogP contribution is -2.41. The quantitative estimate of drug-likeness (QED) is 0.829. The number of rotatable bonds is 2. The standard InChI is InChI=1S/C14H12BrN3O2/c15-13-10(5-3-7-16-13)18-14(19)12-8-17-9-4-1-2-6-11(9)20-12/h1-7,12,17H,8H2,(H,18,19). The van der Waals surface area contributed by atoms with Crippen molar-refractivity contribution in [3.63, 3.8) is 0 Å². The molecule has 0 fully saturated rings. The predicted octanol–water partition coefficient (Wildman–Crippen LogP) is 2.66. The van der Waals surface area contributed by atoms with Crippen LogP contribution in [0.1, 0.15) is 0 Å². The maximum Gasteiger partial charge on any atom is 0.267 e. The van der Waals surface area contributed by atoms with Gasteiger partial charge in [-0.1, -0.05) is 12.1 Å². The van der Waals surface area contributed by atoms with Crippen molar-refractivity contribution in [1.82, 2.24) is 4.98 Å². The number of nitrogens with zero attached hydrogens (tertiary/aromatic N) is 1. The molecule has 1 aromatic heterocycles. The van der Waals surface area contributed by atoms with Crippen LogP contribution >= 0.6 is 15.9 Å². The van der Waals surface area contributed by atoms with E-state index < -0.39 is 6.10 Å². The van der Waals surface area contributed by atoms with Crippen LogP contribution in [0.25, 0.3) is 0 Å². The van der Waals surface area contributed by atoms with E-state index in [0.717, 1.165) is 5.69 Å². The van der Waals surface area contributed by atoms with E-state index in [0.29, 0.717) is 22.6 Å². The van der Waals surface area contributed by atoms with Gasteiger partial charge in [0.2, 0.25) is 0 Å². The molecule has 0 spiro atoms. The van der Waals surface area contributed by atoms with Crippen LogP contribution in [0.3, 0.4) is 0 Å². The van der Waals surface area contributed by atoms with Crippen molar-refractivity contribution < 1.29 is 9.53 Å². The monoisotopic (exact) mass is 333 g/mol. The minimum atomic E-state index is -0.572. The number of carbonyl (C=O) groups excluding carboxylic acids is 1. The Balaban J connectivity index is 1.72. The molecular weight excluding hydrogens is 322 g/mol. The zero-order valence-corrected chi connectivity index (χ0v) is 12.1. The Morgan fingerprint density at radius 2 is 2.20 bits per heavy atom. The fourth-order valence-electron chi connectivity index (χ4n) is 1.95. The summed E-state index contributed by atoms with van der Waals surface area (Å²) in [6, 6.07) is 11.1. The molecule has 102 valence electrons. The normalized spacial score (nSPS) is 16.6. The molecule has 0 bridgehead atoms. The summed E-state index contributed by atoms with van der Waals surface area (Å²) in [4.78, 5) is 16.3. The molecule has 0 saturated heterocycles. The highest BCUT2D eigenvalue weighted by Crippen LogP contribution is 2.28. The molecule has 0 saturated carbocycles. The summed E-state index contributed by atoms with van der Waals surface area (Å²) in [5.41, 5.74) is 1.53. The fraction of sp³-hybridized carbons (Fsp3) is 0.143. The van der Waals surface area contributed by atoms with Crippen LogP contribution in [0.4, 0.5) is 11.4 Å². The summed E-state index contributed by atoms with van der Waals surface area (Å²) < 4.78 is 6.29. The number of benzene rings is 1. The number of nitrogens with one attached hydrogen (secondary N) is 2. The average molecular weight is 334 g/mol. The van der Waals surface area contributed by atoms with Crippen molar-refractivity contribution in [2.75, 3.05) is 17.2 Å². The Bertz CT molecular complexity index is 648. The second kappa shape index (κ2) is 5.50. The lowest BCUT2D eigenvalue weighted by atomic mass is 10.2. The second-order valence-corrected chi connectivity index (χ2v) is 5.07. The number of ether oxygens (including phenoxy) is 1. The summed E-state index contributed by atoms with van der Waals surface area (Å²) in [5.74, 6) is 0.477. The van der Waals surface area contributed by atoms with Gasteiger partial charge in [-0.05, 0) is 40.2 Å². The molecule has 1 amide bonds. The SMILES string of the molecule is O=C(Nc1cccnc1Br)C1CNc2ccccc2O1.